The van der Waals surface area contributed by atoms with Crippen LogP contribution in [0.1, 0.15) is 17.2 Å². The molecule has 3 aromatic rings. The Morgan fingerprint density at radius 3 is 2.50 bits per heavy atom. The number of nitrogens with zero attached hydrogens (tertiary/aromatic N) is 1. The number of fused-ring (bicyclic) bond motifs is 1. The largest absolute Gasteiger partial charge is 0.508 e. The van der Waals surface area contributed by atoms with Gasteiger partial charge in [0.1, 0.15) is 23.4 Å². The maximum atomic E-state index is 11.1. The lowest BCUT2D eigenvalue weighted by atomic mass is 9.91. The number of anilines is 1. The maximum absolute atomic E-state index is 11.1. The van der Waals surface area contributed by atoms with Crippen LogP contribution in [0.3, 0.4) is 0 Å². The molecule has 0 aromatic heterocycles. The van der Waals surface area contributed by atoms with E-state index in [1.807, 2.05) is 0 Å². The highest BCUT2D eigenvalue weighted by Gasteiger charge is 2.34. The van der Waals surface area contributed by atoms with Gasteiger partial charge in [-0.2, -0.15) is 0 Å². The first kappa shape index (κ1) is 19.2. The van der Waals surface area contributed by atoms with Crippen LogP contribution in [0.15, 0.2) is 54.6 Å². The third-order valence-electron chi connectivity index (χ3n) is 4.95. The molecule has 0 aliphatic carbocycles. The van der Waals surface area contributed by atoms with Gasteiger partial charge in [0.15, 0.2) is 11.5 Å². The van der Waals surface area contributed by atoms with E-state index < -0.39 is 17.1 Å². The maximum Gasteiger partial charge on any atom is 0.271 e. The number of nitrogens with one attached hydrogen (secondary N) is 1. The number of benzene rings is 3. The van der Waals surface area contributed by atoms with Gasteiger partial charge in [0.25, 0.3) is 5.69 Å². The van der Waals surface area contributed by atoms with Gasteiger partial charge in [0.2, 0.25) is 0 Å². The van der Waals surface area contributed by atoms with Crippen LogP contribution in [-0.4, -0.2) is 31.4 Å². The number of hydrogen-bond donors (Lipinski definition) is 5. The molecule has 9 nitrogen and oxygen atoms in total. The van der Waals surface area contributed by atoms with Crippen molar-refractivity contribution < 1.29 is 30.1 Å². The van der Waals surface area contributed by atoms with E-state index in [4.69, 9.17) is 4.74 Å². The minimum Gasteiger partial charge on any atom is -0.508 e. The van der Waals surface area contributed by atoms with E-state index in [1.54, 1.807) is 18.2 Å². The summed E-state index contributed by atoms with van der Waals surface area (Å²) in [6.07, 6.45) is -0.416. The summed E-state index contributed by atoms with van der Waals surface area (Å²) in [5, 5.41) is 53.8. The van der Waals surface area contributed by atoms with Crippen LogP contribution in [0, 0.1) is 10.1 Å². The normalized spacial score (nSPS) is 17.6. The van der Waals surface area contributed by atoms with Gasteiger partial charge >= 0.3 is 0 Å². The van der Waals surface area contributed by atoms with Gasteiger partial charge in [-0.25, -0.2) is 0 Å². The molecule has 3 aromatic carbocycles. The molecule has 154 valence electrons. The Hall–Kier alpha value is -4.14. The number of non-ortho nitro benzene ring substituents is 1. The number of nitro benzene ring substituents is 1. The molecule has 4 rings (SSSR count). The standard InChI is InChI=1S/C21H18N2O7/c24-14-8-18(26)15-10-16(22-12-2-1-3-13(7-12)23(28)29)21(30-20(15)9-14)11-4-5-17(25)19(27)6-11/h1-9,16,21-22,24-27H,10H2. The monoisotopic (exact) mass is 410 g/mol. The van der Waals surface area contributed by atoms with Crippen LogP contribution in [0.2, 0.25) is 0 Å². The lowest BCUT2D eigenvalue weighted by Gasteiger charge is -2.35. The number of aromatic hydroxyl groups is 4. The predicted octanol–water partition coefficient (Wildman–Crippen LogP) is 3.57. The van der Waals surface area contributed by atoms with Gasteiger partial charge in [-0.3, -0.25) is 10.1 Å². The summed E-state index contributed by atoms with van der Waals surface area (Å²) < 4.78 is 6.03. The lowest BCUT2D eigenvalue weighted by Crippen LogP contribution is -2.36. The molecule has 2 atom stereocenters. The van der Waals surface area contributed by atoms with Crippen molar-refractivity contribution in [3.05, 3.63) is 75.8 Å². The van der Waals surface area contributed by atoms with Crippen LogP contribution < -0.4 is 10.1 Å². The molecular formula is C21H18N2O7. The minimum absolute atomic E-state index is 0.0799. The molecule has 5 N–H and O–H groups in total. The zero-order valence-corrected chi connectivity index (χ0v) is 15.5. The Bertz CT molecular complexity index is 1130. The molecular weight excluding hydrogens is 392 g/mol. The molecule has 9 heteroatoms. The molecule has 1 heterocycles. The third-order valence-corrected chi connectivity index (χ3v) is 4.95. The Kier molecular flexibility index (Phi) is 4.71. The van der Waals surface area contributed by atoms with E-state index in [0.29, 0.717) is 16.8 Å². The van der Waals surface area contributed by atoms with Gasteiger partial charge < -0.3 is 30.5 Å². The molecule has 0 saturated carbocycles. The minimum atomic E-state index is -0.690. The molecule has 2 unspecified atom stereocenters. The summed E-state index contributed by atoms with van der Waals surface area (Å²) in [6, 6.07) is 12.3. The Balaban J connectivity index is 1.75. The van der Waals surface area contributed by atoms with E-state index in [1.165, 1.54) is 36.4 Å². The Labute approximate surface area is 170 Å². The molecule has 30 heavy (non-hydrogen) atoms. The summed E-state index contributed by atoms with van der Waals surface area (Å²) >= 11 is 0. The summed E-state index contributed by atoms with van der Waals surface area (Å²) in [5.41, 5.74) is 1.40. The smallest absolute Gasteiger partial charge is 0.271 e. The first-order valence-electron chi connectivity index (χ1n) is 9.06. The highest BCUT2D eigenvalue weighted by Crippen LogP contribution is 2.43. The van der Waals surface area contributed by atoms with Crippen LogP contribution in [0.25, 0.3) is 0 Å². The second-order valence-electron chi connectivity index (χ2n) is 6.99. The number of phenols is 4. The fraction of sp³-hybridized carbons (Fsp3) is 0.143. The second kappa shape index (κ2) is 7.36. The van der Waals surface area contributed by atoms with Crippen molar-refractivity contribution in [3.8, 4) is 28.7 Å². The van der Waals surface area contributed by atoms with Crippen molar-refractivity contribution in [1.82, 2.24) is 0 Å². The van der Waals surface area contributed by atoms with E-state index >= 15 is 0 Å². The van der Waals surface area contributed by atoms with Crippen molar-refractivity contribution in [2.75, 3.05) is 5.32 Å². The summed E-state index contributed by atoms with van der Waals surface area (Å²) in [7, 11) is 0. The van der Waals surface area contributed by atoms with E-state index in [0.717, 1.165) is 0 Å². The van der Waals surface area contributed by atoms with Crippen LogP contribution in [0.4, 0.5) is 11.4 Å². The second-order valence-corrected chi connectivity index (χ2v) is 6.99. The lowest BCUT2D eigenvalue weighted by molar-refractivity contribution is -0.384. The molecule has 0 radical (unpaired) electrons. The quantitative estimate of drug-likeness (QED) is 0.249. The Morgan fingerprint density at radius 2 is 1.77 bits per heavy atom. The molecule has 1 aliphatic rings. The van der Waals surface area contributed by atoms with Gasteiger partial charge in [0, 0.05) is 41.9 Å². The molecule has 0 bridgehead atoms. The first-order chi connectivity index (χ1) is 14.3. The third kappa shape index (κ3) is 3.60. The van der Waals surface area contributed by atoms with Crippen LogP contribution >= 0.6 is 0 Å². The average Bonchev–Trinajstić information content (AvgIpc) is 2.70. The highest BCUT2D eigenvalue weighted by atomic mass is 16.6. The van der Waals surface area contributed by atoms with E-state index in [9.17, 15) is 30.5 Å². The Morgan fingerprint density at radius 1 is 0.967 bits per heavy atom. The molecule has 0 fully saturated rings. The van der Waals surface area contributed by atoms with Crippen molar-refractivity contribution in [1.29, 1.82) is 0 Å². The van der Waals surface area contributed by atoms with Crippen molar-refractivity contribution >= 4 is 11.4 Å². The van der Waals surface area contributed by atoms with Crippen molar-refractivity contribution in [3.63, 3.8) is 0 Å². The average molecular weight is 410 g/mol. The van der Waals surface area contributed by atoms with Crippen LogP contribution in [-0.2, 0) is 6.42 Å². The zero-order valence-electron chi connectivity index (χ0n) is 15.5. The van der Waals surface area contributed by atoms with Crippen molar-refractivity contribution in [2.24, 2.45) is 0 Å². The van der Waals surface area contributed by atoms with Gasteiger partial charge in [-0.15, -0.1) is 0 Å². The van der Waals surface area contributed by atoms with Gasteiger partial charge in [-0.05, 0) is 23.8 Å². The number of hydrogen-bond acceptors (Lipinski definition) is 8. The molecule has 0 amide bonds. The SMILES string of the molecule is O=[N+]([O-])c1cccc(NC2Cc3c(O)cc(O)cc3OC2c2ccc(O)c(O)c2)c1. The predicted molar refractivity (Wildman–Crippen MR) is 107 cm³/mol. The number of nitro groups is 1. The van der Waals surface area contributed by atoms with E-state index in [-0.39, 0.29) is 40.9 Å². The molecule has 1 aliphatic heterocycles. The van der Waals surface area contributed by atoms with E-state index in [2.05, 4.69) is 5.32 Å². The highest BCUT2D eigenvalue weighted by molar-refractivity contribution is 5.56. The topological polar surface area (TPSA) is 145 Å². The molecule has 0 saturated heterocycles. The van der Waals surface area contributed by atoms with Crippen molar-refractivity contribution in [2.45, 2.75) is 18.6 Å². The number of rotatable bonds is 4. The summed E-state index contributed by atoms with van der Waals surface area (Å²) in [5.74, 6) is -0.628. The zero-order chi connectivity index (χ0) is 21.4. The number of ether oxygens (including phenoxy) is 1. The summed E-state index contributed by atoms with van der Waals surface area (Å²) in [6.45, 7) is 0. The molecule has 0 spiro atoms. The number of phenolic OH excluding ortho intramolecular Hbond substituents is 4. The fourth-order valence-corrected chi connectivity index (χ4v) is 3.54. The fourth-order valence-electron chi connectivity index (χ4n) is 3.54. The summed E-state index contributed by atoms with van der Waals surface area (Å²) in [4.78, 5) is 10.6. The van der Waals surface area contributed by atoms with Gasteiger partial charge in [0.05, 0.1) is 11.0 Å². The van der Waals surface area contributed by atoms with Gasteiger partial charge in [-0.1, -0.05) is 12.1 Å². The first-order valence-corrected chi connectivity index (χ1v) is 9.06. The van der Waals surface area contributed by atoms with Crippen LogP contribution in [0.5, 0.6) is 28.7 Å².